The molecule has 0 saturated carbocycles. The molecule has 0 fully saturated rings. The second-order valence-electron chi connectivity index (χ2n) is 5.62. The first kappa shape index (κ1) is 17.3. The summed E-state index contributed by atoms with van der Waals surface area (Å²) in [6, 6.07) is 22.3. The lowest BCUT2D eigenvalue weighted by molar-refractivity contribution is 0.879. The van der Waals surface area contributed by atoms with Crippen LogP contribution in [-0.2, 0) is 0 Å². The van der Waals surface area contributed by atoms with Gasteiger partial charge in [0.05, 0.1) is 0 Å². The standard InChI is InChI=1S/C20H16BrCl2N/c1-13(19-11-8-17(23)12-20(19)21)24-18-9-4-15(5-10-18)14-2-6-16(22)7-3-14/h2-13,24H,1H3. The average Bonchev–Trinajstić information content (AvgIpc) is 2.56. The molecule has 3 aromatic rings. The summed E-state index contributed by atoms with van der Waals surface area (Å²) < 4.78 is 1.01. The van der Waals surface area contributed by atoms with Gasteiger partial charge in [0, 0.05) is 26.2 Å². The molecule has 0 radical (unpaired) electrons. The molecule has 122 valence electrons. The van der Waals surface area contributed by atoms with Crippen LogP contribution in [0.2, 0.25) is 10.0 Å². The van der Waals surface area contributed by atoms with Crippen molar-refractivity contribution in [1.82, 2.24) is 0 Å². The van der Waals surface area contributed by atoms with Crippen LogP contribution in [0.4, 0.5) is 5.69 Å². The van der Waals surface area contributed by atoms with Gasteiger partial charge in [-0.15, -0.1) is 0 Å². The van der Waals surface area contributed by atoms with E-state index in [1.165, 1.54) is 5.56 Å². The maximum atomic E-state index is 6.01. The number of halogens is 3. The summed E-state index contributed by atoms with van der Waals surface area (Å²) >= 11 is 15.5. The van der Waals surface area contributed by atoms with Crippen LogP contribution in [0, 0.1) is 0 Å². The molecule has 1 nitrogen and oxygen atoms in total. The maximum Gasteiger partial charge on any atom is 0.0496 e. The van der Waals surface area contributed by atoms with Crippen LogP contribution in [0.5, 0.6) is 0 Å². The largest absolute Gasteiger partial charge is 0.378 e. The van der Waals surface area contributed by atoms with E-state index >= 15 is 0 Å². The third kappa shape index (κ3) is 4.13. The highest BCUT2D eigenvalue weighted by atomic mass is 79.9. The molecule has 0 aromatic heterocycles. The normalized spacial score (nSPS) is 12.0. The summed E-state index contributed by atoms with van der Waals surface area (Å²) in [5, 5.41) is 4.99. The van der Waals surface area contributed by atoms with E-state index in [1.54, 1.807) is 0 Å². The van der Waals surface area contributed by atoms with Crippen molar-refractivity contribution in [1.29, 1.82) is 0 Å². The van der Waals surface area contributed by atoms with Crippen LogP contribution >= 0.6 is 39.1 Å². The Bertz CT molecular complexity index is 829. The summed E-state index contributed by atoms with van der Waals surface area (Å²) in [7, 11) is 0. The Morgan fingerprint density at radius 1 is 0.792 bits per heavy atom. The number of rotatable bonds is 4. The first-order chi connectivity index (χ1) is 11.5. The second-order valence-corrected chi connectivity index (χ2v) is 7.34. The zero-order valence-corrected chi connectivity index (χ0v) is 16.2. The van der Waals surface area contributed by atoms with E-state index in [0.29, 0.717) is 0 Å². The van der Waals surface area contributed by atoms with Crippen molar-refractivity contribution in [3.05, 3.63) is 86.8 Å². The summed E-state index contributed by atoms with van der Waals surface area (Å²) in [6.07, 6.45) is 0. The van der Waals surface area contributed by atoms with Crippen LogP contribution in [0.3, 0.4) is 0 Å². The number of anilines is 1. The Hall–Kier alpha value is -1.48. The van der Waals surface area contributed by atoms with Gasteiger partial charge in [-0.25, -0.2) is 0 Å². The van der Waals surface area contributed by atoms with Gasteiger partial charge in [-0.05, 0) is 60.0 Å². The van der Waals surface area contributed by atoms with E-state index < -0.39 is 0 Å². The molecular formula is C20H16BrCl2N. The molecule has 3 rings (SSSR count). The average molecular weight is 421 g/mol. The number of hydrogen-bond donors (Lipinski definition) is 1. The SMILES string of the molecule is CC(Nc1ccc(-c2ccc(Cl)cc2)cc1)c1ccc(Cl)cc1Br. The summed E-state index contributed by atoms with van der Waals surface area (Å²) in [5.74, 6) is 0. The predicted octanol–water partition coefficient (Wildman–Crippen LogP) is 7.60. The third-order valence-corrected chi connectivity index (χ3v) is 5.05. The first-order valence-electron chi connectivity index (χ1n) is 7.60. The third-order valence-electron chi connectivity index (χ3n) is 3.87. The fourth-order valence-corrected chi connectivity index (χ4v) is 3.73. The van der Waals surface area contributed by atoms with Crippen LogP contribution in [0.25, 0.3) is 11.1 Å². The van der Waals surface area contributed by atoms with Crippen molar-refractivity contribution in [2.75, 3.05) is 5.32 Å². The smallest absolute Gasteiger partial charge is 0.0496 e. The predicted molar refractivity (Wildman–Crippen MR) is 108 cm³/mol. The number of benzene rings is 3. The molecule has 0 spiro atoms. The lowest BCUT2D eigenvalue weighted by atomic mass is 10.0. The fourth-order valence-electron chi connectivity index (χ4n) is 2.58. The van der Waals surface area contributed by atoms with E-state index in [0.717, 1.165) is 31.3 Å². The minimum atomic E-state index is 0.165. The summed E-state index contributed by atoms with van der Waals surface area (Å²) in [4.78, 5) is 0. The molecular weight excluding hydrogens is 405 g/mol. The quantitative estimate of drug-likeness (QED) is 0.458. The Morgan fingerprint density at radius 2 is 1.33 bits per heavy atom. The zero-order valence-electron chi connectivity index (χ0n) is 13.1. The minimum Gasteiger partial charge on any atom is -0.378 e. The molecule has 0 bridgehead atoms. The van der Waals surface area contributed by atoms with Gasteiger partial charge in [0.1, 0.15) is 0 Å². The molecule has 0 heterocycles. The van der Waals surface area contributed by atoms with E-state index in [9.17, 15) is 0 Å². The molecule has 0 amide bonds. The molecule has 4 heteroatoms. The van der Waals surface area contributed by atoms with E-state index in [-0.39, 0.29) is 6.04 Å². The Labute approximate surface area is 160 Å². The minimum absolute atomic E-state index is 0.165. The Morgan fingerprint density at radius 3 is 1.92 bits per heavy atom. The van der Waals surface area contributed by atoms with Gasteiger partial charge in [0.25, 0.3) is 0 Å². The topological polar surface area (TPSA) is 12.0 Å². The van der Waals surface area contributed by atoms with Gasteiger partial charge >= 0.3 is 0 Å². The highest BCUT2D eigenvalue weighted by molar-refractivity contribution is 9.10. The monoisotopic (exact) mass is 419 g/mol. The van der Waals surface area contributed by atoms with Crippen molar-refractivity contribution >= 4 is 44.8 Å². The van der Waals surface area contributed by atoms with Gasteiger partial charge in [0.15, 0.2) is 0 Å². The van der Waals surface area contributed by atoms with Crippen molar-refractivity contribution in [2.24, 2.45) is 0 Å². The van der Waals surface area contributed by atoms with Gasteiger partial charge in [-0.2, -0.15) is 0 Å². The molecule has 0 aliphatic rings. The molecule has 1 atom stereocenters. The number of hydrogen-bond acceptors (Lipinski definition) is 1. The van der Waals surface area contributed by atoms with Crippen LogP contribution in [-0.4, -0.2) is 0 Å². The maximum absolute atomic E-state index is 6.01. The van der Waals surface area contributed by atoms with Crippen LogP contribution in [0.1, 0.15) is 18.5 Å². The van der Waals surface area contributed by atoms with Crippen molar-refractivity contribution < 1.29 is 0 Å². The highest BCUT2D eigenvalue weighted by Crippen LogP contribution is 2.29. The highest BCUT2D eigenvalue weighted by Gasteiger charge is 2.10. The summed E-state index contributed by atoms with van der Waals surface area (Å²) in [6.45, 7) is 2.13. The van der Waals surface area contributed by atoms with E-state index in [1.807, 2.05) is 42.5 Å². The van der Waals surface area contributed by atoms with Gasteiger partial charge in [-0.3, -0.25) is 0 Å². The fraction of sp³-hybridized carbons (Fsp3) is 0.100. The van der Waals surface area contributed by atoms with Crippen molar-refractivity contribution in [3.63, 3.8) is 0 Å². The van der Waals surface area contributed by atoms with Gasteiger partial charge in [-0.1, -0.05) is 69.5 Å². The van der Waals surface area contributed by atoms with E-state index in [2.05, 4.69) is 52.4 Å². The van der Waals surface area contributed by atoms with Crippen LogP contribution < -0.4 is 5.32 Å². The van der Waals surface area contributed by atoms with Crippen molar-refractivity contribution in [3.8, 4) is 11.1 Å². The molecule has 0 aliphatic carbocycles. The van der Waals surface area contributed by atoms with Crippen LogP contribution in [0.15, 0.2) is 71.2 Å². The van der Waals surface area contributed by atoms with Gasteiger partial charge in [0.2, 0.25) is 0 Å². The summed E-state index contributed by atoms with van der Waals surface area (Å²) in [5.41, 5.74) is 4.56. The van der Waals surface area contributed by atoms with Gasteiger partial charge < -0.3 is 5.32 Å². The zero-order chi connectivity index (χ0) is 17.1. The number of nitrogens with one attached hydrogen (secondary N) is 1. The Kier molecular flexibility index (Phi) is 5.50. The molecule has 1 unspecified atom stereocenters. The molecule has 3 aromatic carbocycles. The molecule has 0 aliphatic heterocycles. The molecule has 24 heavy (non-hydrogen) atoms. The lowest BCUT2D eigenvalue weighted by Gasteiger charge is -2.17. The van der Waals surface area contributed by atoms with E-state index in [4.69, 9.17) is 23.2 Å². The lowest BCUT2D eigenvalue weighted by Crippen LogP contribution is -2.07. The van der Waals surface area contributed by atoms with Crippen molar-refractivity contribution in [2.45, 2.75) is 13.0 Å². The molecule has 0 saturated heterocycles. The molecule has 1 N–H and O–H groups in total. The second kappa shape index (κ2) is 7.60. The Balaban J connectivity index is 1.75. The first-order valence-corrected chi connectivity index (χ1v) is 9.15.